The topological polar surface area (TPSA) is 57.6 Å². The second-order valence-electron chi connectivity index (χ2n) is 8.49. The van der Waals surface area contributed by atoms with Crippen molar-refractivity contribution in [3.8, 4) is 11.1 Å². The molecule has 1 amide bonds. The third-order valence-electron chi connectivity index (χ3n) is 5.99. The molecule has 0 atom stereocenters. The second kappa shape index (κ2) is 11.4. The molecular formula is C30H25F2NO3. The number of aryl methyl sites for hydroxylation is 1. The first-order valence-electron chi connectivity index (χ1n) is 11.6. The van der Waals surface area contributed by atoms with Crippen molar-refractivity contribution in [3.63, 3.8) is 0 Å². The van der Waals surface area contributed by atoms with Crippen molar-refractivity contribution in [2.45, 2.75) is 19.4 Å². The van der Waals surface area contributed by atoms with Crippen LogP contribution < -0.4 is 0 Å². The molecule has 0 aliphatic heterocycles. The summed E-state index contributed by atoms with van der Waals surface area (Å²) in [6.45, 7) is 0.698. The van der Waals surface area contributed by atoms with Gasteiger partial charge >= 0.3 is 5.97 Å². The number of hydrogen-bond donors (Lipinski definition) is 1. The van der Waals surface area contributed by atoms with Gasteiger partial charge in [0, 0.05) is 18.7 Å². The van der Waals surface area contributed by atoms with Crippen molar-refractivity contribution < 1.29 is 23.5 Å². The van der Waals surface area contributed by atoms with Gasteiger partial charge in [0.15, 0.2) is 11.6 Å². The third-order valence-corrected chi connectivity index (χ3v) is 5.99. The molecule has 0 aliphatic rings. The molecule has 0 spiro atoms. The summed E-state index contributed by atoms with van der Waals surface area (Å²) in [6.07, 6.45) is 1.47. The minimum Gasteiger partial charge on any atom is -0.478 e. The van der Waals surface area contributed by atoms with Gasteiger partial charge in [-0.15, -0.1) is 0 Å². The first kappa shape index (κ1) is 24.8. The SMILES string of the molecule is O=C(O)c1ccccc1-c1ccc(CN(CCCc2ccccc2)C(=O)c2ccc(F)c(F)c2)cc1. The Hall–Kier alpha value is -4.32. The maximum atomic E-state index is 13.8. The quantitative estimate of drug-likeness (QED) is 0.290. The molecule has 0 heterocycles. The lowest BCUT2D eigenvalue weighted by atomic mass is 9.98. The van der Waals surface area contributed by atoms with Gasteiger partial charge in [-0.25, -0.2) is 13.6 Å². The lowest BCUT2D eigenvalue weighted by molar-refractivity contribution is 0.0696. The Morgan fingerprint density at radius 2 is 1.44 bits per heavy atom. The number of rotatable bonds is 9. The maximum Gasteiger partial charge on any atom is 0.336 e. The average molecular weight is 486 g/mol. The van der Waals surface area contributed by atoms with E-state index in [1.165, 1.54) is 6.07 Å². The van der Waals surface area contributed by atoms with E-state index in [0.717, 1.165) is 35.2 Å². The molecule has 182 valence electrons. The minimum atomic E-state index is -1.06. The van der Waals surface area contributed by atoms with Crippen molar-refractivity contribution in [1.29, 1.82) is 0 Å². The van der Waals surface area contributed by atoms with Crippen LogP contribution >= 0.6 is 0 Å². The summed E-state index contributed by atoms with van der Waals surface area (Å²) in [7, 11) is 0. The Morgan fingerprint density at radius 1 is 0.750 bits per heavy atom. The molecule has 4 nitrogen and oxygen atoms in total. The van der Waals surface area contributed by atoms with Crippen molar-refractivity contribution >= 4 is 11.9 Å². The number of halogens is 2. The summed E-state index contributed by atoms with van der Waals surface area (Å²) in [4.78, 5) is 26.4. The molecule has 0 saturated carbocycles. The highest BCUT2D eigenvalue weighted by Crippen LogP contribution is 2.25. The Labute approximate surface area is 208 Å². The van der Waals surface area contributed by atoms with Gasteiger partial charge in [0.25, 0.3) is 5.91 Å². The van der Waals surface area contributed by atoms with E-state index in [4.69, 9.17) is 0 Å². The van der Waals surface area contributed by atoms with E-state index in [2.05, 4.69) is 0 Å². The zero-order valence-corrected chi connectivity index (χ0v) is 19.5. The summed E-state index contributed by atoms with van der Waals surface area (Å²) in [5, 5.41) is 9.48. The Kier molecular flexibility index (Phi) is 7.85. The number of benzene rings is 4. The second-order valence-corrected chi connectivity index (χ2v) is 8.49. The Balaban J connectivity index is 1.54. The van der Waals surface area contributed by atoms with E-state index >= 15 is 0 Å². The minimum absolute atomic E-state index is 0.0839. The molecule has 4 aromatic carbocycles. The molecule has 0 unspecified atom stereocenters. The fourth-order valence-electron chi connectivity index (χ4n) is 4.11. The van der Waals surface area contributed by atoms with E-state index in [0.29, 0.717) is 18.5 Å². The smallest absolute Gasteiger partial charge is 0.336 e. The number of nitrogens with zero attached hydrogens (tertiary/aromatic N) is 1. The van der Waals surface area contributed by atoms with Crippen molar-refractivity contribution in [2.75, 3.05) is 6.54 Å². The molecule has 36 heavy (non-hydrogen) atoms. The van der Waals surface area contributed by atoms with Gasteiger partial charge in [0.2, 0.25) is 0 Å². The van der Waals surface area contributed by atoms with E-state index in [-0.39, 0.29) is 23.6 Å². The molecule has 4 rings (SSSR count). The summed E-state index contributed by atoms with van der Waals surface area (Å²) in [6, 6.07) is 27.2. The summed E-state index contributed by atoms with van der Waals surface area (Å²) < 4.78 is 27.2. The van der Waals surface area contributed by atoms with Crippen LogP contribution in [0, 0.1) is 11.6 Å². The lowest BCUT2D eigenvalue weighted by Crippen LogP contribution is -2.32. The number of carbonyl (C=O) groups excluding carboxylic acids is 1. The first-order valence-corrected chi connectivity index (χ1v) is 11.6. The average Bonchev–Trinajstić information content (AvgIpc) is 2.90. The molecule has 0 bridgehead atoms. The van der Waals surface area contributed by atoms with Gasteiger partial charge < -0.3 is 10.0 Å². The molecular weight excluding hydrogens is 460 g/mol. The fraction of sp³-hybridized carbons (Fsp3) is 0.133. The van der Waals surface area contributed by atoms with Crippen LogP contribution in [-0.2, 0) is 13.0 Å². The van der Waals surface area contributed by atoms with Crippen molar-refractivity contribution in [1.82, 2.24) is 4.90 Å². The van der Waals surface area contributed by atoms with Crippen molar-refractivity contribution in [3.05, 3.63) is 131 Å². The summed E-state index contributed by atoms with van der Waals surface area (Å²) in [5.41, 5.74) is 3.64. The summed E-state index contributed by atoms with van der Waals surface area (Å²) >= 11 is 0. The molecule has 4 aromatic rings. The van der Waals surface area contributed by atoms with Gasteiger partial charge in [0.05, 0.1) is 5.56 Å². The van der Waals surface area contributed by atoms with Crippen LogP contribution in [0.25, 0.3) is 11.1 Å². The van der Waals surface area contributed by atoms with Crippen LogP contribution in [0.1, 0.15) is 38.3 Å². The molecule has 0 aliphatic carbocycles. The van der Waals surface area contributed by atoms with E-state index in [1.807, 2.05) is 54.6 Å². The standard InChI is InChI=1S/C30H25F2NO3/c31-27-17-16-24(19-28(27)32)29(34)33(18-6-9-21-7-2-1-3-8-21)20-22-12-14-23(15-13-22)25-10-4-5-11-26(25)30(35)36/h1-5,7-8,10-17,19H,6,9,18,20H2,(H,35,36). The highest BCUT2D eigenvalue weighted by atomic mass is 19.2. The molecule has 0 fully saturated rings. The number of hydrogen-bond acceptors (Lipinski definition) is 2. The van der Waals surface area contributed by atoms with E-state index < -0.39 is 17.6 Å². The normalized spacial score (nSPS) is 10.7. The Morgan fingerprint density at radius 3 is 2.14 bits per heavy atom. The monoisotopic (exact) mass is 485 g/mol. The van der Waals surface area contributed by atoms with Crippen LogP contribution in [0.15, 0.2) is 97.1 Å². The van der Waals surface area contributed by atoms with Gasteiger partial charge in [-0.3, -0.25) is 4.79 Å². The molecule has 0 aromatic heterocycles. The maximum absolute atomic E-state index is 13.8. The number of carbonyl (C=O) groups is 2. The molecule has 0 radical (unpaired) electrons. The molecule has 1 N–H and O–H groups in total. The van der Waals surface area contributed by atoms with Crippen LogP contribution in [-0.4, -0.2) is 28.4 Å². The predicted molar refractivity (Wildman–Crippen MR) is 135 cm³/mol. The van der Waals surface area contributed by atoms with Gasteiger partial charge in [-0.2, -0.15) is 0 Å². The van der Waals surface area contributed by atoms with Crippen LogP contribution in [0.3, 0.4) is 0 Å². The zero-order chi connectivity index (χ0) is 25.5. The van der Waals surface area contributed by atoms with E-state index in [9.17, 15) is 23.5 Å². The molecule has 6 heteroatoms. The lowest BCUT2D eigenvalue weighted by Gasteiger charge is -2.23. The molecule has 0 saturated heterocycles. The van der Waals surface area contributed by atoms with Crippen LogP contribution in [0.2, 0.25) is 0 Å². The fourth-order valence-corrected chi connectivity index (χ4v) is 4.11. The van der Waals surface area contributed by atoms with Gasteiger partial charge in [-0.05, 0) is 59.4 Å². The summed E-state index contributed by atoms with van der Waals surface area (Å²) in [5.74, 6) is -3.45. The predicted octanol–water partition coefficient (Wildman–Crippen LogP) is 6.61. The van der Waals surface area contributed by atoms with Gasteiger partial charge in [0.1, 0.15) is 0 Å². The zero-order valence-electron chi connectivity index (χ0n) is 19.5. The number of carboxylic acids is 1. The van der Waals surface area contributed by atoms with E-state index in [1.54, 1.807) is 29.2 Å². The van der Waals surface area contributed by atoms with Crippen LogP contribution in [0.4, 0.5) is 8.78 Å². The largest absolute Gasteiger partial charge is 0.478 e. The Bertz CT molecular complexity index is 1350. The van der Waals surface area contributed by atoms with Gasteiger partial charge in [-0.1, -0.05) is 72.8 Å². The van der Waals surface area contributed by atoms with Crippen molar-refractivity contribution in [2.24, 2.45) is 0 Å². The number of amides is 1. The third kappa shape index (κ3) is 6.02. The highest BCUT2D eigenvalue weighted by molar-refractivity contribution is 5.96. The first-order chi connectivity index (χ1) is 17.4. The van der Waals surface area contributed by atoms with Crippen LogP contribution in [0.5, 0.6) is 0 Å². The number of carboxylic acid groups (broad SMARTS) is 1. The number of aromatic carboxylic acids is 1. The highest BCUT2D eigenvalue weighted by Gasteiger charge is 2.18.